The minimum Gasteiger partial charge on any atom is -0.313 e. The van der Waals surface area contributed by atoms with Gasteiger partial charge in [-0.05, 0) is 54.0 Å². The zero-order valence-corrected chi connectivity index (χ0v) is 12.9. The highest BCUT2D eigenvalue weighted by atomic mass is 14.8. The molecule has 1 saturated carbocycles. The first-order valence-electron chi connectivity index (χ1n) is 8.27. The van der Waals surface area contributed by atoms with Crippen LogP contribution in [0.4, 0.5) is 0 Å². The molecule has 0 spiro atoms. The first kappa shape index (κ1) is 14.3. The Morgan fingerprint density at radius 2 is 1.90 bits per heavy atom. The Kier molecular flexibility index (Phi) is 4.72. The highest BCUT2D eigenvalue weighted by Gasteiger charge is 2.19. The number of rotatable bonds is 6. The van der Waals surface area contributed by atoms with Crippen LogP contribution in [-0.2, 0) is 6.54 Å². The normalized spacial score (nSPS) is 14.9. The van der Waals surface area contributed by atoms with E-state index in [1.165, 1.54) is 47.9 Å². The van der Waals surface area contributed by atoms with Gasteiger partial charge in [-0.3, -0.25) is 0 Å². The van der Waals surface area contributed by atoms with Crippen molar-refractivity contribution < 1.29 is 0 Å². The molecule has 0 saturated heterocycles. The van der Waals surface area contributed by atoms with Crippen LogP contribution in [-0.4, -0.2) is 6.54 Å². The van der Waals surface area contributed by atoms with E-state index in [4.69, 9.17) is 0 Å². The number of hydrogen-bond acceptors (Lipinski definition) is 1. The van der Waals surface area contributed by atoms with Gasteiger partial charge in [0.15, 0.2) is 0 Å². The largest absolute Gasteiger partial charge is 0.313 e. The second-order valence-electron chi connectivity index (χ2n) is 6.09. The summed E-state index contributed by atoms with van der Waals surface area (Å²) in [6, 6.07) is 18.0. The van der Waals surface area contributed by atoms with Crippen molar-refractivity contribution in [2.24, 2.45) is 0 Å². The zero-order chi connectivity index (χ0) is 14.5. The smallest absolute Gasteiger partial charge is 0.0211 e. The molecule has 0 aromatic heterocycles. The molecule has 110 valence electrons. The highest BCUT2D eigenvalue weighted by molar-refractivity contribution is 5.68. The van der Waals surface area contributed by atoms with Gasteiger partial charge >= 0.3 is 0 Å². The fraction of sp³-hybridized carbons (Fsp3) is 0.400. The third-order valence-corrected chi connectivity index (χ3v) is 4.53. The quantitative estimate of drug-likeness (QED) is 0.724. The maximum absolute atomic E-state index is 3.52. The van der Waals surface area contributed by atoms with Crippen LogP contribution in [0.15, 0.2) is 48.5 Å². The Hall–Kier alpha value is -1.60. The molecule has 0 amide bonds. The van der Waals surface area contributed by atoms with Crippen LogP contribution in [0.1, 0.15) is 49.7 Å². The van der Waals surface area contributed by atoms with Crippen LogP contribution in [0.3, 0.4) is 0 Å². The summed E-state index contributed by atoms with van der Waals surface area (Å²) in [5.74, 6) is 0.801. The average Bonchev–Trinajstić information content (AvgIpc) is 2.47. The van der Waals surface area contributed by atoms with Crippen molar-refractivity contribution in [3.63, 3.8) is 0 Å². The van der Waals surface area contributed by atoms with Crippen LogP contribution in [0.25, 0.3) is 11.1 Å². The molecular formula is C20H25N. The second-order valence-corrected chi connectivity index (χ2v) is 6.09. The molecular weight excluding hydrogens is 254 g/mol. The lowest BCUT2D eigenvalue weighted by Gasteiger charge is -2.26. The van der Waals surface area contributed by atoms with E-state index in [1.54, 1.807) is 0 Å². The van der Waals surface area contributed by atoms with Crippen molar-refractivity contribution in [3.05, 3.63) is 59.7 Å². The van der Waals surface area contributed by atoms with E-state index in [0.29, 0.717) is 0 Å². The van der Waals surface area contributed by atoms with Gasteiger partial charge in [-0.15, -0.1) is 0 Å². The molecule has 2 aromatic rings. The Morgan fingerprint density at radius 1 is 1.05 bits per heavy atom. The van der Waals surface area contributed by atoms with Crippen LogP contribution in [0.2, 0.25) is 0 Å². The first-order chi connectivity index (χ1) is 10.4. The summed E-state index contributed by atoms with van der Waals surface area (Å²) in [6.07, 6.45) is 5.30. The average molecular weight is 279 g/mol. The van der Waals surface area contributed by atoms with E-state index in [-0.39, 0.29) is 0 Å². The molecule has 0 heterocycles. The van der Waals surface area contributed by atoms with Gasteiger partial charge in [0.25, 0.3) is 0 Å². The predicted molar refractivity (Wildman–Crippen MR) is 90.5 cm³/mol. The minimum atomic E-state index is 0.801. The number of benzene rings is 2. The summed E-state index contributed by atoms with van der Waals surface area (Å²) in [5, 5.41) is 3.52. The molecule has 2 aromatic carbocycles. The first-order valence-corrected chi connectivity index (χ1v) is 8.27. The lowest BCUT2D eigenvalue weighted by Crippen LogP contribution is -2.14. The van der Waals surface area contributed by atoms with Crippen molar-refractivity contribution in [1.82, 2.24) is 5.32 Å². The molecule has 0 unspecified atom stereocenters. The molecule has 21 heavy (non-hydrogen) atoms. The SMILES string of the molecule is CCCNCc1ccccc1-c1cccc(C2CCC2)c1. The third kappa shape index (κ3) is 3.36. The van der Waals surface area contributed by atoms with Crippen LogP contribution in [0, 0.1) is 0 Å². The summed E-state index contributed by atoms with van der Waals surface area (Å²) < 4.78 is 0. The molecule has 0 aliphatic heterocycles. The monoisotopic (exact) mass is 279 g/mol. The summed E-state index contributed by atoms with van der Waals surface area (Å²) in [7, 11) is 0. The molecule has 0 atom stereocenters. The maximum Gasteiger partial charge on any atom is 0.0211 e. The van der Waals surface area contributed by atoms with Gasteiger partial charge in [0, 0.05) is 6.54 Å². The van der Waals surface area contributed by atoms with Gasteiger partial charge in [-0.25, -0.2) is 0 Å². The lowest BCUT2D eigenvalue weighted by molar-refractivity contribution is 0.420. The molecule has 0 radical (unpaired) electrons. The van der Waals surface area contributed by atoms with E-state index in [9.17, 15) is 0 Å². The Bertz CT molecular complexity index is 584. The van der Waals surface area contributed by atoms with Crippen molar-refractivity contribution in [2.45, 2.75) is 45.1 Å². The molecule has 1 aliphatic carbocycles. The van der Waals surface area contributed by atoms with Crippen molar-refractivity contribution in [1.29, 1.82) is 0 Å². The highest BCUT2D eigenvalue weighted by Crippen LogP contribution is 2.38. The Morgan fingerprint density at radius 3 is 2.67 bits per heavy atom. The maximum atomic E-state index is 3.52. The zero-order valence-electron chi connectivity index (χ0n) is 12.9. The van der Waals surface area contributed by atoms with E-state index >= 15 is 0 Å². The Balaban J connectivity index is 1.85. The van der Waals surface area contributed by atoms with E-state index < -0.39 is 0 Å². The fourth-order valence-corrected chi connectivity index (χ4v) is 3.06. The van der Waals surface area contributed by atoms with Gasteiger partial charge in [-0.2, -0.15) is 0 Å². The number of nitrogens with one attached hydrogen (secondary N) is 1. The van der Waals surface area contributed by atoms with E-state index in [0.717, 1.165) is 19.0 Å². The minimum absolute atomic E-state index is 0.801. The van der Waals surface area contributed by atoms with Gasteiger partial charge < -0.3 is 5.32 Å². The van der Waals surface area contributed by atoms with Gasteiger partial charge in [0.05, 0.1) is 0 Å². The molecule has 1 aliphatic rings. The van der Waals surface area contributed by atoms with Crippen LogP contribution < -0.4 is 5.32 Å². The summed E-state index contributed by atoms with van der Waals surface area (Å²) in [5.41, 5.74) is 5.67. The summed E-state index contributed by atoms with van der Waals surface area (Å²) in [6.45, 7) is 4.25. The molecule has 1 nitrogen and oxygen atoms in total. The van der Waals surface area contributed by atoms with Gasteiger partial charge in [-0.1, -0.05) is 61.9 Å². The fourth-order valence-electron chi connectivity index (χ4n) is 3.06. The van der Waals surface area contributed by atoms with Gasteiger partial charge in [0.2, 0.25) is 0 Å². The van der Waals surface area contributed by atoms with E-state index in [1.807, 2.05) is 0 Å². The van der Waals surface area contributed by atoms with Crippen molar-refractivity contribution >= 4 is 0 Å². The van der Waals surface area contributed by atoms with Crippen molar-refractivity contribution in [3.8, 4) is 11.1 Å². The predicted octanol–water partition coefficient (Wildman–Crippen LogP) is 5.12. The third-order valence-electron chi connectivity index (χ3n) is 4.53. The van der Waals surface area contributed by atoms with Crippen LogP contribution in [0.5, 0.6) is 0 Å². The van der Waals surface area contributed by atoms with Crippen molar-refractivity contribution in [2.75, 3.05) is 6.54 Å². The molecule has 1 heteroatoms. The summed E-state index contributed by atoms with van der Waals surface area (Å²) >= 11 is 0. The Labute approximate surface area is 128 Å². The molecule has 3 rings (SSSR count). The molecule has 1 fully saturated rings. The molecule has 1 N–H and O–H groups in total. The standard InChI is InChI=1S/C20H25N/c1-2-13-21-15-19-7-3-4-12-20(19)18-11-6-10-17(14-18)16-8-5-9-16/h3-4,6-7,10-12,14,16,21H,2,5,8-9,13,15H2,1H3. The second kappa shape index (κ2) is 6.91. The topological polar surface area (TPSA) is 12.0 Å². The lowest BCUT2D eigenvalue weighted by atomic mass is 9.79. The van der Waals surface area contributed by atoms with Crippen LogP contribution >= 0.6 is 0 Å². The summed E-state index contributed by atoms with van der Waals surface area (Å²) in [4.78, 5) is 0. The number of hydrogen-bond donors (Lipinski definition) is 1. The van der Waals surface area contributed by atoms with Gasteiger partial charge in [0.1, 0.15) is 0 Å². The van der Waals surface area contributed by atoms with E-state index in [2.05, 4.69) is 60.8 Å². The molecule has 0 bridgehead atoms.